The number of carbonyl (C=O) groups is 2. The van der Waals surface area contributed by atoms with Gasteiger partial charge >= 0.3 is 0 Å². The number of amides is 2. The molecule has 0 radical (unpaired) electrons. The number of aromatic nitrogens is 2. The summed E-state index contributed by atoms with van der Waals surface area (Å²) in [5.41, 5.74) is 10.3. The molecule has 1 aromatic heterocycles. The molecule has 2 amide bonds. The van der Waals surface area contributed by atoms with Crippen LogP contribution in [-0.4, -0.2) is 34.6 Å². The van der Waals surface area contributed by atoms with E-state index in [1.807, 2.05) is 24.3 Å². The Labute approximate surface area is 206 Å². The van der Waals surface area contributed by atoms with Gasteiger partial charge in [-0.2, -0.15) is 5.10 Å². The van der Waals surface area contributed by atoms with Crippen molar-refractivity contribution in [2.45, 2.75) is 57.4 Å². The van der Waals surface area contributed by atoms with E-state index in [1.165, 1.54) is 25.7 Å². The third-order valence-corrected chi connectivity index (χ3v) is 6.33. The topological polar surface area (TPSA) is 125 Å². The lowest BCUT2D eigenvalue weighted by Crippen LogP contribution is -2.24. The van der Waals surface area contributed by atoms with E-state index >= 15 is 0 Å². The van der Waals surface area contributed by atoms with Crippen LogP contribution in [0.2, 0.25) is 0 Å². The number of nitrogens with one attached hydrogen (secondary N) is 4. The lowest BCUT2D eigenvalue weighted by atomic mass is 10.1. The quantitative estimate of drug-likeness (QED) is 0.199. The second-order valence-corrected chi connectivity index (χ2v) is 9.07. The van der Waals surface area contributed by atoms with Crippen molar-refractivity contribution in [1.29, 1.82) is 0 Å². The van der Waals surface area contributed by atoms with Crippen LogP contribution < -0.4 is 21.7 Å². The fraction of sp³-hybridized carbons (Fsp3) is 0.370. The van der Waals surface area contributed by atoms with Crippen LogP contribution in [-0.2, 0) is 4.79 Å². The van der Waals surface area contributed by atoms with Gasteiger partial charge in [-0.1, -0.05) is 43.5 Å². The first-order valence-electron chi connectivity index (χ1n) is 12.4. The van der Waals surface area contributed by atoms with E-state index in [-0.39, 0.29) is 11.8 Å². The van der Waals surface area contributed by atoms with E-state index in [4.69, 9.17) is 5.73 Å². The van der Waals surface area contributed by atoms with E-state index in [2.05, 4.69) is 38.3 Å². The van der Waals surface area contributed by atoms with Crippen LogP contribution in [0.1, 0.15) is 61.9 Å². The lowest BCUT2D eigenvalue weighted by molar-refractivity contribution is -0.116. The van der Waals surface area contributed by atoms with E-state index in [0.29, 0.717) is 36.1 Å². The van der Waals surface area contributed by atoms with Gasteiger partial charge in [-0.15, -0.1) is 0 Å². The number of para-hydroxylation sites is 2. The van der Waals surface area contributed by atoms with Crippen molar-refractivity contribution in [2.75, 3.05) is 22.9 Å². The summed E-state index contributed by atoms with van der Waals surface area (Å²) in [5, 5.41) is 16.4. The first-order valence-corrected chi connectivity index (χ1v) is 12.4. The Morgan fingerprint density at radius 1 is 1.00 bits per heavy atom. The molecule has 184 valence electrons. The molecule has 1 aliphatic carbocycles. The zero-order valence-corrected chi connectivity index (χ0v) is 20.0. The molecule has 1 fully saturated rings. The number of nitrogens with two attached hydrogens (primary N) is 1. The van der Waals surface area contributed by atoms with Crippen molar-refractivity contribution in [3.63, 3.8) is 0 Å². The van der Waals surface area contributed by atoms with Gasteiger partial charge < -0.3 is 21.7 Å². The van der Waals surface area contributed by atoms with Gasteiger partial charge in [0.25, 0.3) is 5.91 Å². The molecule has 1 saturated carbocycles. The van der Waals surface area contributed by atoms with E-state index in [1.54, 1.807) is 18.2 Å². The summed E-state index contributed by atoms with van der Waals surface area (Å²) < 4.78 is 0. The highest BCUT2D eigenvalue weighted by Crippen LogP contribution is 2.25. The Balaban J connectivity index is 1.14. The zero-order chi connectivity index (χ0) is 24.5. The Morgan fingerprint density at radius 3 is 2.54 bits per heavy atom. The molecule has 2 aromatic carbocycles. The third kappa shape index (κ3) is 7.09. The molecule has 0 aliphatic heterocycles. The SMILES string of the molecule is Nc1ccccc1NC(=O)CCCCCNC(=O)c1cc(-c2ccc(NC3CCCC3)cc2)n[nH]1. The minimum Gasteiger partial charge on any atom is -0.397 e. The Kier molecular flexibility index (Phi) is 8.38. The number of nitrogens with zero attached hydrogens (tertiary/aromatic N) is 1. The Hall–Kier alpha value is -3.81. The fourth-order valence-electron chi connectivity index (χ4n) is 4.34. The van der Waals surface area contributed by atoms with Crippen LogP contribution in [0, 0.1) is 0 Å². The molecule has 1 aliphatic rings. The van der Waals surface area contributed by atoms with Gasteiger partial charge in [-0.05, 0) is 56.0 Å². The van der Waals surface area contributed by atoms with Gasteiger partial charge in [0.2, 0.25) is 5.91 Å². The summed E-state index contributed by atoms with van der Waals surface area (Å²) in [7, 11) is 0. The van der Waals surface area contributed by atoms with Crippen molar-refractivity contribution in [3.05, 3.63) is 60.3 Å². The summed E-state index contributed by atoms with van der Waals surface area (Å²) in [4.78, 5) is 24.5. The van der Waals surface area contributed by atoms with Gasteiger partial charge in [0, 0.05) is 30.3 Å². The molecule has 0 unspecified atom stereocenters. The lowest BCUT2D eigenvalue weighted by Gasteiger charge is -2.13. The predicted molar refractivity (Wildman–Crippen MR) is 140 cm³/mol. The van der Waals surface area contributed by atoms with Crippen molar-refractivity contribution >= 4 is 28.9 Å². The monoisotopic (exact) mass is 474 g/mol. The molecule has 6 N–H and O–H groups in total. The molecule has 8 heteroatoms. The molecule has 0 saturated heterocycles. The fourth-order valence-corrected chi connectivity index (χ4v) is 4.34. The number of anilines is 3. The number of hydrogen-bond donors (Lipinski definition) is 5. The summed E-state index contributed by atoms with van der Waals surface area (Å²) >= 11 is 0. The number of H-pyrrole nitrogens is 1. The molecular formula is C27H34N6O2. The number of benzene rings is 2. The number of nitrogen functional groups attached to an aromatic ring is 1. The number of rotatable bonds is 11. The predicted octanol–water partition coefficient (Wildman–Crippen LogP) is 4.94. The van der Waals surface area contributed by atoms with Crippen LogP contribution in [0.3, 0.4) is 0 Å². The normalized spacial score (nSPS) is 13.5. The van der Waals surface area contributed by atoms with Gasteiger partial charge in [0.15, 0.2) is 0 Å². The van der Waals surface area contributed by atoms with E-state index in [9.17, 15) is 9.59 Å². The van der Waals surface area contributed by atoms with Crippen LogP contribution in [0.15, 0.2) is 54.6 Å². The molecule has 1 heterocycles. The van der Waals surface area contributed by atoms with Crippen molar-refractivity contribution in [3.8, 4) is 11.3 Å². The van der Waals surface area contributed by atoms with Crippen LogP contribution in [0.4, 0.5) is 17.1 Å². The minimum absolute atomic E-state index is 0.0562. The highest BCUT2D eigenvalue weighted by molar-refractivity contribution is 5.94. The first kappa shape index (κ1) is 24.3. The van der Waals surface area contributed by atoms with E-state index in [0.717, 1.165) is 36.2 Å². The number of aromatic amines is 1. The number of hydrogen-bond acceptors (Lipinski definition) is 5. The second-order valence-electron chi connectivity index (χ2n) is 9.07. The molecule has 0 bridgehead atoms. The van der Waals surface area contributed by atoms with Gasteiger partial charge in [-0.25, -0.2) is 0 Å². The van der Waals surface area contributed by atoms with Gasteiger partial charge in [0.05, 0.1) is 17.1 Å². The number of carbonyl (C=O) groups excluding carboxylic acids is 2. The minimum atomic E-state index is -0.180. The molecule has 0 spiro atoms. The summed E-state index contributed by atoms with van der Waals surface area (Å²) in [6, 6.07) is 17.7. The first-order chi connectivity index (χ1) is 17.1. The largest absolute Gasteiger partial charge is 0.397 e. The molecule has 3 aromatic rings. The molecule has 35 heavy (non-hydrogen) atoms. The van der Waals surface area contributed by atoms with Gasteiger partial charge in [-0.3, -0.25) is 14.7 Å². The van der Waals surface area contributed by atoms with Crippen molar-refractivity contribution in [2.24, 2.45) is 0 Å². The zero-order valence-electron chi connectivity index (χ0n) is 20.0. The van der Waals surface area contributed by atoms with Crippen molar-refractivity contribution < 1.29 is 9.59 Å². The molecular weight excluding hydrogens is 440 g/mol. The summed E-state index contributed by atoms with van der Waals surface area (Å²) in [6.07, 6.45) is 7.87. The van der Waals surface area contributed by atoms with Crippen LogP contribution in [0.5, 0.6) is 0 Å². The summed E-state index contributed by atoms with van der Waals surface area (Å²) in [5.74, 6) is -0.236. The molecule has 4 rings (SSSR count). The number of unbranched alkanes of at least 4 members (excludes halogenated alkanes) is 2. The average Bonchev–Trinajstić information content (AvgIpc) is 3.56. The second kappa shape index (κ2) is 12.1. The Bertz CT molecular complexity index is 1120. The Morgan fingerprint density at radius 2 is 1.77 bits per heavy atom. The third-order valence-electron chi connectivity index (χ3n) is 6.33. The standard InChI is InChI=1S/C27H34N6O2/c28-22-10-5-6-11-23(22)31-26(34)12-2-1-7-17-29-27(35)25-18-24(32-33-25)19-13-15-21(16-14-19)30-20-8-3-4-9-20/h5-6,10-11,13-16,18,20,30H,1-4,7-9,12,17,28H2,(H,29,35)(H,31,34)(H,32,33). The summed E-state index contributed by atoms with van der Waals surface area (Å²) in [6.45, 7) is 0.544. The average molecular weight is 475 g/mol. The smallest absolute Gasteiger partial charge is 0.269 e. The van der Waals surface area contributed by atoms with E-state index < -0.39 is 0 Å². The molecule has 0 atom stereocenters. The maximum atomic E-state index is 12.4. The van der Waals surface area contributed by atoms with Crippen LogP contribution in [0.25, 0.3) is 11.3 Å². The maximum Gasteiger partial charge on any atom is 0.269 e. The van der Waals surface area contributed by atoms with Gasteiger partial charge in [0.1, 0.15) is 5.69 Å². The van der Waals surface area contributed by atoms with Crippen molar-refractivity contribution in [1.82, 2.24) is 15.5 Å². The maximum absolute atomic E-state index is 12.4. The highest BCUT2D eigenvalue weighted by Gasteiger charge is 2.15. The molecule has 8 nitrogen and oxygen atoms in total. The van der Waals surface area contributed by atoms with Crippen LogP contribution >= 0.6 is 0 Å². The highest BCUT2D eigenvalue weighted by atomic mass is 16.2.